The van der Waals surface area contributed by atoms with E-state index >= 15 is 0 Å². The van der Waals surface area contributed by atoms with Crippen LogP contribution in [-0.4, -0.2) is 20.9 Å². The second kappa shape index (κ2) is 12.1. The maximum absolute atomic E-state index is 13.1. The second-order valence-corrected chi connectivity index (χ2v) is 26.4. The maximum atomic E-state index is 13.1. The van der Waals surface area contributed by atoms with E-state index in [-0.39, 0.29) is 6.67 Å². The fraction of sp³-hybridized carbons (Fsp3) is 0.294. The van der Waals surface area contributed by atoms with Gasteiger partial charge in [0.1, 0.15) is 0 Å². The van der Waals surface area contributed by atoms with Gasteiger partial charge < -0.3 is 0 Å². The molecule has 0 saturated carbocycles. The van der Waals surface area contributed by atoms with E-state index in [4.69, 9.17) is 0 Å². The Labute approximate surface area is 242 Å². The first-order valence-electron chi connectivity index (χ1n) is 14.1. The fourth-order valence-corrected chi connectivity index (χ4v) is 22.1. The molecule has 0 amide bonds. The quantitative estimate of drug-likeness (QED) is 0.0699. The molecule has 4 aromatic rings. The third kappa shape index (κ3) is 5.31. The first-order valence-corrected chi connectivity index (χ1v) is 21.9. The van der Waals surface area contributed by atoms with Crippen LogP contribution in [0.2, 0.25) is 18.1 Å². The Kier molecular flexibility index (Phi) is 8.87. The molecule has 4 aromatic carbocycles. The Morgan fingerprint density at radius 3 is 1.47 bits per heavy atom. The van der Waals surface area contributed by atoms with Crippen LogP contribution in [0.1, 0.15) is 25.7 Å². The molecular formula is C34H39FIPSi. The molecule has 0 aromatic heterocycles. The van der Waals surface area contributed by atoms with Crippen LogP contribution in [0.15, 0.2) is 121 Å². The van der Waals surface area contributed by atoms with E-state index in [1.807, 2.05) is 0 Å². The zero-order valence-corrected chi connectivity index (χ0v) is 26.2. The summed E-state index contributed by atoms with van der Waals surface area (Å²) >= 11 is 2.96. The van der Waals surface area contributed by atoms with Crippen molar-refractivity contribution in [2.24, 2.45) is 5.92 Å². The van der Waals surface area contributed by atoms with E-state index in [1.54, 1.807) is 5.19 Å². The molecule has 5 rings (SSSR count). The number of hydrogen-bond acceptors (Lipinski definition) is 0. The van der Waals surface area contributed by atoms with Crippen molar-refractivity contribution in [3.63, 3.8) is 0 Å². The average Bonchev–Trinajstić information content (AvgIpc) is 3.00. The molecule has 0 N–H and O–H groups in total. The van der Waals surface area contributed by atoms with Crippen LogP contribution in [0.4, 0.5) is 4.39 Å². The number of rotatable bonds is 10. The molecule has 1 aliphatic heterocycles. The fourth-order valence-electron chi connectivity index (χ4n) is 6.91. The van der Waals surface area contributed by atoms with Gasteiger partial charge in [-0.1, -0.05) is 0 Å². The van der Waals surface area contributed by atoms with E-state index in [0.29, 0.717) is 12.3 Å². The van der Waals surface area contributed by atoms with Crippen LogP contribution in [-0.2, 0) is 0 Å². The van der Waals surface area contributed by atoms with Crippen LogP contribution in [0.5, 0.6) is 0 Å². The average molecular weight is 653 g/mol. The van der Waals surface area contributed by atoms with Crippen molar-refractivity contribution in [1.82, 2.24) is 0 Å². The van der Waals surface area contributed by atoms with Gasteiger partial charge in [0.15, 0.2) is 0 Å². The number of unbranched alkanes of at least 4 members (excludes halogenated alkanes) is 1. The molecule has 0 radical (unpaired) electrons. The van der Waals surface area contributed by atoms with Crippen molar-refractivity contribution in [3.05, 3.63) is 121 Å². The van der Waals surface area contributed by atoms with Gasteiger partial charge in [0.05, 0.1) is 0 Å². The van der Waals surface area contributed by atoms with Gasteiger partial charge in [0.25, 0.3) is 0 Å². The number of hydrogen-bond donors (Lipinski definition) is 0. The van der Waals surface area contributed by atoms with Crippen LogP contribution >= 0.6 is 26.3 Å². The van der Waals surface area contributed by atoms with Crippen molar-refractivity contribution in [1.29, 1.82) is 0 Å². The van der Waals surface area contributed by atoms with Gasteiger partial charge >= 0.3 is 244 Å². The van der Waals surface area contributed by atoms with Crippen molar-refractivity contribution < 1.29 is 4.39 Å². The summed E-state index contributed by atoms with van der Waals surface area (Å²) in [5, 5.41) is 6.04. The third-order valence-corrected chi connectivity index (χ3v) is 25.9. The Hall–Kier alpha value is -1.81. The molecule has 1 heterocycles. The normalized spacial score (nSPS) is 20.9. The summed E-state index contributed by atoms with van der Waals surface area (Å²) in [5.74, 6) is 0.677. The van der Waals surface area contributed by atoms with Crippen LogP contribution in [0.25, 0.3) is 0 Å². The molecule has 0 unspecified atom stereocenters. The van der Waals surface area contributed by atoms with Crippen LogP contribution < -0.4 is 21.1 Å². The topological polar surface area (TPSA) is 0 Å². The second-order valence-electron chi connectivity index (χ2n) is 11.1. The van der Waals surface area contributed by atoms with Gasteiger partial charge in [0, 0.05) is 0 Å². The van der Waals surface area contributed by atoms with Crippen molar-refractivity contribution >= 4 is 55.5 Å². The molecule has 1 aliphatic rings. The minimum atomic E-state index is -2.75. The summed E-state index contributed by atoms with van der Waals surface area (Å²) in [6, 6.07) is 49.3. The van der Waals surface area contributed by atoms with Crippen molar-refractivity contribution in [3.8, 4) is 0 Å². The third-order valence-electron chi connectivity index (χ3n) is 8.97. The molecular weight excluding hydrogens is 613 g/mol. The summed E-state index contributed by atoms with van der Waals surface area (Å²) in [5.41, 5.74) is 0. The first-order chi connectivity index (χ1) is 18.6. The van der Waals surface area contributed by atoms with Gasteiger partial charge in [-0.05, 0) is 0 Å². The summed E-state index contributed by atoms with van der Waals surface area (Å²) in [6.07, 6.45) is 5.51. The Morgan fingerprint density at radius 2 is 1.05 bits per heavy atom. The van der Waals surface area contributed by atoms with Crippen molar-refractivity contribution in [2.75, 3.05) is 12.8 Å². The minimum absolute atomic E-state index is 0.184. The van der Waals surface area contributed by atoms with E-state index < -0.39 is 12.3 Å². The molecule has 1 fully saturated rings. The zero-order chi connectivity index (χ0) is 26.3. The van der Waals surface area contributed by atoms with Gasteiger partial charge in [0.2, 0.25) is 0 Å². The molecule has 0 atom stereocenters. The number of alkyl halides is 1. The molecule has 0 aliphatic carbocycles. The van der Waals surface area contributed by atoms with E-state index in [1.165, 1.54) is 53.0 Å². The van der Waals surface area contributed by atoms with Gasteiger partial charge in [-0.3, -0.25) is 0 Å². The molecule has 4 heteroatoms. The summed E-state index contributed by atoms with van der Waals surface area (Å²) in [6.45, 7) is -0.184. The molecule has 0 nitrogen and oxygen atoms in total. The number of benzene rings is 4. The van der Waals surface area contributed by atoms with Crippen molar-refractivity contribution in [2.45, 2.75) is 43.8 Å². The summed E-state index contributed by atoms with van der Waals surface area (Å²) in [7, 11) is -1.63. The van der Waals surface area contributed by atoms with E-state index in [0.717, 1.165) is 6.42 Å². The Morgan fingerprint density at radius 1 is 0.632 bits per heavy atom. The first kappa shape index (κ1) is 27.7. The summed E-state index contributed by atoms with van der Waals surface area (Å²) in [4.78, 5) is 0. The van der Waals surface area contributed by atoms with E-state index in [9.17, 15) is 4.39 Å². The molecule has 0 spiro atoms. The Bertz CT molecular complexity index is 1180. The molecule has 1 saturated heterocycles. The van der Waals surface area contributed by atoms with Gasteiger partial charge in [-0.2, -0.15) is 0 Å². The standard InChI is InChI=1S/C34H39FIPSi/c35-25-13-14-26-38(34-21-11-4-12-22-34)27-23-30(24-28-38)29-37(36,31-15-5-1-6-16-31,32-17-7-2-8-18-32)33-19-9-3-10-20-33/h1-12,15-22,30H,13-14,23-29H2. The van der Waals surface area contributed by atoms with Gasteiger partial charge in [-0.15, -0.1) is 0 Å². The predicted octanol–water partition coefficient (Wildman–Crippen LogP) is 8.38. The van der Waals surface area contributed by atoms with Crippen LogP contribution in [0, 0.1) is 5.92 Å². The molecule has 38 heavy (non-hydrogen) atoms. The molecule has 198 valence electrons. The van der Waals surface area contributed by atoms with Crippen LogP contribution in [0.3, 0.4) is 0 Å². The van der Waals surface area contributed by atoms with E-state index in [2.05, 4.69) is 143 Å². The van der Waals surface area contributed by atoms with Gasteiger partial charge in [-0.25, -0.2) is 0 Å². The Balaban J connectivity index is 1.54. The monoisotopic (exact) mass is 652 g/mol. The molecule has 0 bridgehead atoms. The summed E-state index contributed by atoms with van der Waals surface area (Å²) < 4.78 is 10.3. The SMILES string of the molecule is FCCCC[Si]1(c2ccccc2)CCC(CP(I)(c2ccccc2)(c2ccccc2)c2ccccc2)CC1. The number of halogens is 2. The predicted molar refractivity (Wildman–Crippen MR) is 178 cm³/mol. The zero-order valence-electron chi connectivity index (χ0n) is 22.2.